The average molecular weight is 219 g/mol. The lowest BCUT2D eigenvalue weighted by Crippen LogP contribution is -2.35. The van der Waals surface area contributed by atoms with E-state index in [4.69, 9.17) is 5.11 Å². The van der Waals surface area contributed by atoms with Crippen molar-refractivity contribution in [3.05, 3.63) is 35.4 Å². The summed E-state index contributed by atoms with van der Waals surface area (Å²) >= 11 is 0. The molecule has 86 valence electrons. The molecule has 1 aromatic rings. The van der Waals surface area contributed by atoms with Crippen LogP contribution in [0.5, 0.6) is 0 Å². The number of carbonyl (C=O) groups is 1. The molecule has 1 unspecified atom stereocenters. The first-order chi connectivity index (χ1) is 7.66. The minimum atomic E-state index is -0.690. The van der Waals surface area contributed by atoms with E-state index >= 15 is 0 Å². The summed E-state index contributed by atoms with van der Waals surface area (Å²) in [4.78, 5) is 13.1. The molecule has 0 spiro atoms. The number of carboxylic acid groups (broad SMARTS) is 1. The number of aliphatic carboxylic acids is 1. The number of benzene rings is 1. The Kier molecular flexibility index (Phi) is 3.25. The van der Waals surface area contributed by atoms with Gasteiger partial charge in [-0.1, -0.05) is 29.8 Å². The van der Waals surface area contributed by atoms with Gasteiger partial charge in [0.2, 0.25) is 0 Å². The van der Waals surface area contributed by atoms with Crippen molar-refractivity contribution in [1.29, 1.82) is 0 Å². The lowest BCUT2D eigenvalue weighted by molar-refractivity contribution is -0.142. The maximum absolute atomic E-state index is 11.0. The van der Waals surface area contributed by atoms with E-state index in [2.05, 4.69) is 31.2 Å². The molecule has 0 radical (unpaired) electrons. The summed E-state index contributed by atoms with van der Waals surface area (Å²) in [5.74, 6) is -0.690. The summed E-state index contributed by atoms with van der Waals surface area (Å²) in [6, 6.07) is 8.00. The molecule has 1 N–H and O–H groups in total. The first-order valence-corrected chi connectivity index (χ1v) is 5.69. The van der Waals surface area contributed by atoms with Gasteiger partial charge in [-0.3, -0.25) is 9.69 Å². The van der Waals surface area contributed by atoms with Crippen molar-refractivity contribution >= 4 is 5.97 Å². The molecule has 1 heterocycles. The van der Waals surface area contributed by atoms with Crippen LogP contribution in [0.25, 0.3) is 0 Å². The van der Waals surface area contributed by atoms with Crippen LogP contribution in [0.4, 0.5) is 0 Å². The fraction of sp³-hybridized carbons (Fsp3) is 0.462. The van der Waals surface area contributed by atoms with E-state index in [9.17, 15) is 4.79 Å². The summed E-state index contributed by atoms with van der Waals surface area (Å²) in [5, 5.41) is 9.06. The number of likely N-dealkylation sites (tertiary alicyclic amines) is 1. The molecule has 1 aliphatic heterocycles. The highest BCUT2D eigenvalue weighted by Gasteiger charge is 2.29. The molecule has 0 saturated carbocycles. The molecule has 1 aromatic carbocycles. The van der Waals surface area contributed by atoms with Crippen molar-refractivity contribution in [3.8, 4) is 0 Å². The molecule has 1 aliphatic rings. The summed E-state index contributed by atoms with van der Waals surface area (Å²) in [6.45, 7) is 3.70. The summed E-state index contributed by atoms with van der Waals surface area (Å²) in [5.41, 5.74) is 2.43. The van der Waals surface area contributed by atoms with E-state index in [0.29, 0.717) is 0 Å². The van der Waals surface area contributed by atoms with Gasteiger partial charge in [0.05, 0.1) is 0 Å². The molecule has 3 nitrogen and oxygen atoms in total. The van der Waals surface area contributed by atoms with Crippen LogP contribution in [0.1, 0.15) is 24.0 Å². The predicted octanol–water partition coefficient (Wildman–Crippen LogP) is 2.04. The largest absolute Gasteiger partial charge is 0.480 e. The van der Waals surface area contributed by atoms with Crippen LogP contribution in [0.2, 0.25) is 0 Å². The third-order valence-electron chi connectivity index (χ3n) is 3.15. The van der Waals surface area contributed by atoms with Crippen molar-refractivity contribution in [2.75, 3.05) is 6.54 Å². The van der Waals surface area contributed by atoms with Crippen molar-refractivity contribution in [1.82, 2.24) is 4.90 Å². The van der Waals surface area contributed by atoms with Gasteiger partial charge in [-0.25, -0.2) is 0 Å². The number of nitrogens with zero attached hydrogens (tertiary/aromatic N) is 1. The molecule has 1 fully saturated rings. The Hall–Kier alpha value is -1.35. The van der Waals surface area contributed by atoms with Gasteiger partial charge >= 0.3 is 5.97 Å². The minimum Gasteiger partial charge on any atom is -0.480 e. The lowest BCUT2D eigenvalue weighted by atomic mass is 10.1. The van der Waals surface area contributed by atoms with Crippen LogP contribution in [0.15, 0.2) is 24.3 Å². The van der Waals surface area contributed by atoms with Crippen molar-refractivity contribution in [3.63, 3.8) is 0 Å². The van der Waals surface area contributed by atoms with E-state index in [1.165, 1.54) is 11.1 Å². The topological polar surface area (TPSA) is 40.5 Å². The highest BCUT2D eigenvalue weighted by Crippen LogP contribution is 2.20. The van der Waals surface area contributed by atoms with Crippen molar-refractivity contribution in [2.24, 2.45) is 0 Å². The van der Waals surface area contributed by atoms with Crippen molar-refractivity contribution < 1.29 is 9.90 Å². The Balaban J connectivity index is 2.03. The van der Waals surface area contributed by atoms with E-state index in [-0.39, 0.29) is 6.04 Å². The maximum Gasteiger partial charge on any atom is 0.320 e. The predicted molar refractivity (Wildman–Crippen MR) is 62.2 cm³/mol. The van der Waals surface area contributed by atoms with Gasteiger partial charge in [0.1, 0.15) is 6.04 Å². The second kappa shape index (κ2) is 4.66. The van der Waals surface area contributed by atoms with Gasteiger partial charge in [0, 0.05) is 6.54 Å². The third-order valence-corrected chi connectivity index (χ3v) is 3.15. The summed E-state index contributed by atoms with van der Waals surface area (Å²) in [7, 11) is 0. The van der Waals surface area contributed by atoms with Gasteiger partial charge in [-0.05, 0) is 31.9 Å². The van der Waals surface area contributed by atoms with E-state index in [1.807, 2.05) is 4.90 Å². The molecule has 0 bridgehead atoms. The Bertz CT molecular complexity index is 372. The van der Waals surface area contributed by atoms with E-state index in [1.54, 1.807) is 0 Å². The summed E-state index contributed by atoms with van der Waals surface area (Å²) in [6.07, 6.45) is 1.77. The Morgan fingerprint density at radius 1 is 1.44 bits per heavy atom. The number of hydrogen-bond donors (Lipinski definition) is 1. The Labute approximate surface area is 95.7 Å². The molecule has 3 heteroatoms. The molecule has 16 heavy (non-hydrogen) atoms. The number of aryl methyl sites for hydroxylation is 1. The Morgan fingerprint density at radius 2 is 2.12 bits per heavy atom. The molecule has 1 saturated heterocycles. The first kappa shape index (κ1) is 11.1. The van der Waals surface area contributed by atoms with Crippen LogP contribution in [0.3, 0.4) is 0 Å². The lowest BCUT2D eigenvalue weighted by Gasteiger charge is -2.20. The van der Waals surface area contributed by atoms with Gasteiger partial charge in [0.15, 0.2) is 0 Å². The number of hydrogen-bond acceptors (Lipinski definition) is 2. The monoisotopic (exact) mass is 219 g/mol. The van der Waals surface area contributed by atoms with Crippen LogP contribution < -0.4 is 0 Å². The summed E-state index contributed by atoms with van der Waals surface area (Å²) < 4.78 is 0. The molecule has 0 aromatic heterocycles. The zero-order valence-electron chi connectivity index (χ0n) is 9.52. The van der Waals surface area contributed by atoms with Crippen LogP contribution in [-0.2, 0) is 11.3 Å². The Morgan fingerprint density at radius 3 is 2.75 bits per heavy atom. The molecule has 1 atom stereocenters. The average Bonchev–Trinajstić information content (AvgIpc) is 2.69. The van der Waals surface area contributed by atoms with Crippen LogP contribution >= 0.6 is 0 Å². The second-order valence-electron chi connectivity index (χ2n) is 4.45. The van der Waals surface area contributed by atoms with E-state index in [0.717, 1.165) is 25.9 Å². The van der Waals surface area contributed by atoms with Crippen molar-refractivity contribution in [2.45, 2.75) is 32.4 Å². The minimum absolute atomic E-state index is 0.290. The third kappa shape index (κ3) is 2.42. The SMILES string of the molecule is Cc1ccc(CN2CCCC2C(=O)O)cc1. The first-order valence-electron chi connectivity index (χ1n) is 5.69. The molecule has 2 rings (SSSR count). The highest BCUT2D eigenvalue weighted by molar-refractivity contribution is 5.73. The van der Waals surface area contributed by atoms with Gasteiger partial charge in [0.25, 0.3) is 0 Å². The molecular formula is C13H17NO2. The van der Waals surface area contributed by atoms with E-state index < -0.39 is 5.97 Å². The van der Waals surface area contributed by atoms with Gasteiger partial charge in [-0.2, -0.15) is 0 Å². The standard InChI is InChI=1S/C13H17NO2/c1-10-4-6-11(7-5-10)9-14-8-2-3-12(14)13(15)16/h4-7,12H,2-3,8-9H2,1H3,(H,15,16). The molecular weight excluding hydrogens is 202 g/mol. The van der Waals surface area contributed by atoms with Crippen LogP contribution in [-0.4, -0.2) is 28.6 Å². The molecule has 0 aliphatic carbocycles. The van der Waals surface area contributed by atoms with Gasteiger partial charge < -0.3 is 5.11 Å². The normalized spacial score (nSPS) is 21.2. The zero-order valence-corrected chi connectivity index (χ0v) is 9.52. The number of rotatable bonds is 3. The number of carboxylic acids is 1. The highest BCUT2D eigenvalue weighted by atomic mass is 16.4. The fourth-order valence-corrected chi connectivity index (χ4v) is 2.22. The quantitative estimate of drug-likeness (QED) is 0.845. The smallest absolute Gasteiger partial charge is 0.320 e. The molecule has 0 amide bonds. The zero-order chi connectivity index (χ0) is 11.5. The second-order valence-corrected chi connectivity index (χ2v) is 4.45. The fourth-order valence-electron chi connectivity index (χ4n) is 2.22. The van der Waals surface area contributed by atoms with Gasteiger partial charge in [-0.15, -0.1) is 0 Å². The van der Waals surface area contributed by atoms with Crippen LogP contribution in [0, 0.1) is 6.92 Å². The maximum atomic E-state index is 11.0.